The summed E-state index contributed by atoms with van der Waals surface area (Å²) in [5, 5.41) is 3.78. The van der Waals surface area contributed by atoms with Crippen LogP contribution in [0.4, 0.5) is 9.52 Å². The number of hydrogen-bond donors (Lipinski definition) is 1. The van der Waals surface area contributed by atoms with Crippen LogP contribution in [0.25, 0.3) is 10.2 Å². The van der Waals surface area contributed by atoms with E-state index in [9.17, 15) is 9.18 Å². The van der Waals surface area contributed by atoms with Gasteiger partial charge in [0.2, 0.25) is 0 Å². The zero-order valence-electron chi connectivity index (χ0n) is 12.7. The van der Waals surface area contributed by atoms with E-state index in [0.29, 0.717) is 5.56 Å². The van der Waals surface area contributed by atoms with E-state index in [1.807, 2.05) is 13.0 Å². The first-order valence-corrected chi connectivity index (χ1v) is 7.75. The Morgan fingerprint density at radius 3 is 2.57 bits per heavy atom. The topological polar surface area (TPSA) is 42.0 Å². The Labute approximate surface area is 148 Å². The minimum Gasteiger partial charge on any atom is -0.354 e. The Balaban J connectivity index is 0.00000192. The van der Waals surface area contributed by atoms with E-state index in [-0.39, 0.29) is 35.1 Å². The number of carbonyl (C=O) groups excluding carboxylic acids is 1. The van der Waals surface area contributed by atoms with Gasteiger partial charge in [0, 0.05) is 5.56 Å². The number of anilines is 1. The van der Waals surface area contributed by atoms with Gasteiger partial charge in [-0.15, -0.1) is 17.0 Å². The van der Waals surface area contributed by atoms with Crippen LogP contribution in [0.15, 0.2) is 36.4 Å². The molecule has 0 atom stereocenters. The summed E-state index contributed by atoms with van der Waals surface area (Å²) in [4.78, 5) is 16.6. The number of rotatable bonds is 4. The molecule has 1 N–H and O–H groups in total. The monoisotopic (exact) mass is 394 g/mol. The molecule has 0 unspecified atom stereocenters. The summed E-state index contributed by atoms with van der Waals surface area (Å²) < 4.78 is 14.0. The van der Waals surface area contributed by atoms with Gasteiger partial charge in [0.05, 0.1) is 16.8 Å². The maximum atomic E-state index is 12.9. The van der Waals surface area contributed by atoms with E-state index in [2.05, 4.69) is 23.3 Å². The largest absolute Gasteiger partial charge is 0.354 e. The Hall–Kier alpha value is -1.79. The molecule has 3 rings (SSSR count). The van der Waals surface area contributed by atoms with Crippen molar-refractivity contribution in [3.63, 3.8) is 0 Å². The van der Waals surface area contributed by atoms with Crippen molar-refractivity contribution in [3.05, 3.63) is 58.9 Å². The third-order valence-electron chi connectivity index (χ3n) is 3.65. The van der Waals surface area contributed by atoms with Crippen molar-refractivity contribution < 1.29 is 9.18 Å². The van der Waals surface area contributed by atoms with Crippen molar-refractivity contribution in [2.45, 2.75) is 13.8 Å². The first-order chi connectivity index (χ1) is 10.5. The quantitative estimate of drug-likeness (QED) is 0.638. The number of carbonyl (C=O) groups is 1. The predicted molar refractivity (Wildman–Crippen MR) is 98.6 cm³/mol. The molecule has 0 aliphatic carbocycles. The van der Waals surface area contributed by atoms with Crippen molar-refractivity contribution in [2.24, 2.45) is 0 Å². The number of hydrogen-bond acceptors (Lipinski definition) is 4. The third kappa shape index (κ3) is 3.76. The number of aromatic nitrogens is 1. The van der Waals surface area contributed by atoms with Gasteiger partial charge in [0.15, 0.2) is 10.9 Å². The minimum absolute atomic E-state index is 0. The molecule has 0 radical (unpaired) electrons. The molecule has 0 saturated carbocycles. The van der Waals surface area contributed by atoms with Gasteiger partial charge in [-0.05, 0) is 55.3 Å². The second kappa shape index (κ2) is 7.19. The maximum absolute atomic E-state index is 12.9. The van der Waals surface area contributed by atoms with Crippen LogP contribution < -0.4 is 5.32 Å². The molecule has 1 aromatic heterocycles. The fourth-order valence-electron chi connectivity index (χ4n) is 2.20. The van der Waals surface area contributed by atoms with Crippen LogP contribution in [-0.4, -0.2) is 17.3 Å². The zero-order valence-corrected chi connectivity index (χ0v) is 15.3. The van der Waals surface area contributed by atoms with Crippen molar-refractivity contribution >= 4 is 49.4 Å². The highest BCUT2D eigenvalue weighted by atomic mass is 79.9. The highest BCUT2D eigenvalue weighted by Crippen LogP contribution is 2.29. The lowest BCUT2D eigenvalue weighted by molar-refractivity contribution is 0.101. The van der Waals surface area contributed by atoms with E-state index >= 15 is 0 Å². The van der Waals surface area contributed by atoms with Gasteiger partial charge in [-0.1, -0.05) is 17.4 Å². The summed E-state index contributed by atoms with van der Waals surface area (Å²) in [5.41, 5.74) is 3.82. The molecule has 2 aromatic carbocycles. The minimum atomic E-state index is -0.346. The number of thiazole rings is 1. The van der Waals surface area contributed by atoms with Gasteiger partial charge >= 0.3 is 0 Å². The number of ketones is 1. The number of nitrogens with zero attached hydrogens (tertiary/aromatic N) is 1. The van der Waals surface area contributed by atoms with Crippen LogP contribution in [-0.2, 0) is 0 Å². The Bertz CT molecular complexity index is 846. The van der Waals surface area contributed by atoms with E-state index in [1.54, 1.807) is 0 Å². The van der Waals surface area contributed by atoms with E-state index < -0.39 is 0 Å². The molecule has 0 aliphatic heterocycles. The predicted octanol–water partition coefficient (Wildman–Crippen LogP) is 4.92. The summed E-state index contributed by atoms with van der Waals surface area (Å²) >= 11 is 1.53. The highest BCUT2D eigenvalue weighted by Gasteiger charge is 2.10. The van der Waals surface area contributed by atoms with Crippen molar-refractivity contribution in [1.29, 1.82) is 0 Å². The number of benzene rings is 2. The van der Waals surface area contributed by atoms with E-state index in [0.717, 1.165) is 20.9 Å². The highest BCUT2D eigenvalue weighted by molar-refractivity contribution is 8.93. The molecular formula is C17H16BrFN2OS. The molecule has 3 nitrogen and oxygen atoms in total. The molecule has 6 heteroatoms. The van der Waals surface area contributed by atoms with Crippen molar-refractivity contribution in [1.82, 2.24) is 4.98 Å². The summed E-state index contributed by atoms with van der Waals surface area (Å²) in [5.74, 6) is -0.436. The second-order valence-electron chi connectivity index (χ2n) is 5.16. The Morgan fingerprint density at radius 1 is 1.17 bits per heavy atom. The average molecular weight is 395 g/mol. The van der Waals surface area contributed by atoms with Gasteiger partial charge in [-0.25, -0.2) is 9.37 Å². The zero-order chi connectivity index (χ0) is 15.7. The average Bonchev–Trinajstić information content (AvgIpc) is 2.93. The fraction of sp³-hybridized carbons (Fsp3) is 0.176. The van der Waals surface area contributed by atoms with Crippen LogP contribution in [0, 0.1) is 19.7 Å². The SMILES string of the molecule is Br.Cc1ccc2sc(NCC(=O)c3ccc(F)cc3)nc2c1C. The summed E-state index contributed by atoms with van der Waals surface area (Å²) in [6.45, 7) is 4.24. The van der Waals surface area contributed by atoms with Crippen molar-refractivity contribution in [3.8, 4) is 0 Å². The molecule has 0 fully saturated rings. The molecular weight excluding hydrogens is 379 g/mol. The molecule has 23 heavy (non-hydrogen) atoms. The van der Waals surface area contributed by atoms with Crippen LogP contribution in [0.5, 0.6) is 0 Å². The van der Waals surface area contributed by atoms with Crippen molar-refractivity contribution in [2.75, 3.05) is 11.9 Å². The first kappa shape index (κ1) is 17.6. The second-order valence-corrected chi connectivity index (χ2v) is 6.19. The lowest BCUT2D eigenvalue weighted by Crippen LogP contribution is -2.13. The van der Waals surface area contributed by atoms with Gasteiger partial charge in [0.1, 0.15) is 5.82 Å². The van der Waals surface area contributed by atoms with Gasteiger partial charge in [0.25, 0.3) is 0 Å². The molecule has 1 heterocycles. The fourth-order valence-corrected chi connectivity index (χ4v) is 3.12. The van der Waals surface area contributed by atoms with Crippen LogP contribution in [0.2, 0.25) is 0 Å². The van der Waals surface area contributed by atoms with Crippen LogP contribution >= 0.6 is 28.3 Å². The Morgan fingerprint density at radius 2 is 1.87 bits per heavy atom. The standard InChI is InChI=1S/C17H15FN2OS.BrH/c1-10-3-8-15-16(11(10)2)20-17(22-15)19-9-14(21)12-4-6-13(18)7-5-12;/h3-8H,9H2,1-2H3,(H,19,20);1H. The number of aryl methyl sites for hydroxylation is 2. The number of Topliss-reactive ketones (excluding diaryl/α,β-unsaturated/α-hetero) is 1. The van der Waals surface area contributed by atoms with Gasteiger partial charge < -0.3 is 5.32 Å². The summed E-state index contributed by atoms with van der Waals surface area (Å²) in [7, 11) is 0. The molecule has 120 valence electrons. The molecule has 0 bridgehead atoms. The first-order valence-electron chi connectivity index (χ1n) is 6.94. The van der Waals surface area contributed by atoms with Gasteiger partial charge in [-0.2, -0.15) is 0 Å². The number of nitrogens with one attached hydrogen (secondary N) is 1. The number of fused-ring (bicyclic) bond motifs is 1. The summed E-state index contributed by atoms with van der Waals surface area (Å²) in [6, 6.07) is 9.68. The van der Waals surface area contributed by atoms with Gasteiger partial charge in [-0.3, -0.25) is 4.79 Å². The smallest absolute Gasteiger partial charge is 0.184 e. The van der Waals surface area contributed by atoms with E-state index in [1.165, 1.54) is 41.2 Å². The number of halogens is 2. The van der Waals surface area contributed by atoms with Crippen LogP contribution in [0.3, 0.4) is 0 Å². The summed E-state index contributed by atoms with van der Waals surface area (Å²) in [6.07, 6.45) is 0. The molecule has 0 saturated heterocycles. The lowest BCUT2D eigenvalue weighted by atomic mass is 10.1. The lowest BCUT2D eigenvalue weighted by Gasteiger charge is -2.02. The normalized spacial score (nSPS) is 10.4. The maximum Gasteiger partial charge on any atom is 0.184 e. The molecule has 3 aromatic rings. The molecule has 0 aliphatic rings. The van der Waals surface area contributed by atoms with Crippen LogP contribution in [0.1, 0.15) is 21.5 Å². The molecule has 0 spiro atoms. The Kier molecular flexibility index (Phi) is 5.49. The third-order valence-corrected chi connectivity index (χ3v) is 4.63. The molecule has 0 amide bonds. The van der Waals surface area contributed by atoms with E-state index in [4.69, 9.17) is 0 Å².